The lowest BCUT2D eigenvalue weighted by molar-refractivity contribution is 0.361. The molecule has 0 amide bonds. The van der Waals surface area contributed by atoms with E-state index in [1.165, 1.54) is 60.1 Å². The molecule has 0 atom stereocenters. The highest BCUT2D eigenvalue weighted by atomic mass is 16.6. The molecular weight excluding hydrogens is 731 g/mol. The van der Waals surface area contributed by atoms with Crippen LogP contribution in [0.2, 0.25) is 0 Å². The standard InChI is InChI=1S/C57H39NO2/c1-57(2)50-21-11-10-19-48(50)54-51(57)33-34-53-56(54)60-55-42(20-12-22-52(55)59-53)38-25-29-40(30-26-38)58(39-27-23-37(24-28-39)36-13-4-3-5-14-36)41-31-32-47-45-17-7-6-15-43(45)44-16-8-9-18-46(44)49(47)35-41/h3-35H,1-2H3. The Morgan fingerprint density at radius 1 is 0.350 bits per heavy atom. The maximum Gasteiger partial charge on any atom is 0.178 e. The van der Waals surface area contributed by atoms with Crippen LogP contribution in [0.1, 0.15) is 25.0 Å². The van der Waals surface area contributed by atoms with Gasteiger partial charge >= 0.3 is 0 Å². The van der Waals surface area contributed by atoms with Crippen LogP contribution >= 0.6 is 0 Å². The Morgan fingerprint density at radius 2 is 0.883 bits per heavy atom. The molecule has 0 N–H and O–H groups in total. The van der Waals surface area contributed by atoms with Gasteiger partial charge in [0.15, 0.2) is 23.0 Å². The van der Waals surface area contributed by atoms with Gasteiger partial charge in [-0.2, -0.15) is 0 Å². The second-order valence-corrected chi connectivity index (χ2v) is 16.4. The molecule has 10 aromatic carbocycles. The van der Waals surface area contributed by atoms with Gasteiger partial charge in [-0.05, 0) is 114 Å². The van der Waals surface area contributed by atoms with Crippen LogP contribution in [0.25, 0.3) is 65.7 Å². The van der Waals surface area contributed by atoms with Gasteiger partial charge in [-0.15, -0.1) is 0 Å². The summed E-state index contributed by atoms with van der Waals surface area (Å²) in [5.41, 5.74) is 12.4. The van der Waals surface area contributed by atoms with Gasteiger partial charge < -0.3 is 14.4 Å². The molecule has 0 aromatic heterocycles. The van der Waals surface area contributed by atoms with Gasteiger partial charge in [0.25, 0.3) is 0 Å². The summed E-state index contributed by atoms with van der Waals surface area (Å²) in [4.78, 5) is 2.36. The maximum absolute atomic E-state index is 6.99. The molecule has 0 radical (unpaired) electrons. The van der Waals surface area contributed by atoms with Crippen molar-refractivity contribution >= 4 is 49.4 Å². The number of hydrogen-bond acceptors (Lipinski definition) is 3. The van der Waals surface area contributed by atoms with Crippen molar-refractivity contribution in [1.82, 2.24) is 0 Å². The van der Waals surface area contributed by atoms with E-state index in [1.54, 1.807) is 0 Å². The number of rotatable bonds is 5. The minimum atomic E-state index is -0.139. The van der Waals surface area contributed by atoms with E-state index in [0.29, 0.717) is 5.75 Å². The first-order valence-electron chi connectivity index (χ1n) is 20.7. The van der Waals surface area contributed by atoms with Crippen molar-refractivity contribution < 1.29 is 9.47 Å². The van der Waals surface area contributed by atoms with Crippen LogP contribution in [-0.4, -0.2) is 0 Å². The van der Waals surface area contributed by atoms with Gasteiger partial charge in [0.05, 0.1) is 0 Å². The zero-order chi connectivity index (χ0) is 40.0. The lowest BCUT2D eigenvalue weighted by atomic mass is 9.82. The van der Waals surface area contributed by atoms with E-state index in [1.807, 2.05) is 12.1 Å². The van der Waals surface area contributed by atoms with E-state index in [4.69, 9.17) is 9.47 Å². The molecule has 3 heteroatoms. The molecule has 2 aliphatic rings. The number of benzene rings is 10. The minimum Gasteiger partial charge on any atom is -0.449 e. The Bertz CT molecular complexity index is 3290. The molecule has 60 heavy (non-hydrogen) atoms. The zero-order valence-corrected chi connectivity index (χ0v) is 33.3. The Morgan fingerprint density at radius 3 is 1.58 bits per heavy atom. The second-order valence-electron chi connectivity index (χ2n) is 16.4. The third kappa shape index (κ3) is 5.22. The van der Waals surface area contributed by atoms with E-state index in [0.717, 1.165) is 51.0 Å². The van der Waals surface area contributed by atoms with E-state index in [9.17, 15) is 0 Å². The van der Waals surface area contributed by atoms with Crippen molar-refractivity contribution in [2.24, 2.45) is 0 Å². The molecule has 0 spiro atoms. The molecule has 1 heterocycles. The molecule has 0 saturated carbocycles. The Balaban J connectivity index is 0.974. The number of hydrogen-bond donors (Lipinski definition) is 0. The largest absolute Gasteiger partial charge is 0.449 e. The lowest BCUT2D eigenvalue weighted by Crippen LogP contribution is -2.15. The zero-order valence-electron chi connectivity index (χ0n) is 33.3. The average Bonchev–Trinajstić information content (AvgIpc) is 3.55. The van der Waals surface area contributed by atoms with Crippen LogP contribution in [0.15, 0.2) is 200 Å². The second kappa shape index (κ2) is 13.2. The number of ether oxygens (including phenoxy) is 2. The normalized spacial score (nSPS) is 13.2. The average molecular weight is 770 g/mol. The molecule has 12 rings (SSSR count). The summed E-state index contributed by atoms with van der Waals surface area (Å²) < 4.78 is 13.6. The molecule has 10 aromatic rings. The fourth-order valence-corrected chi connectivity index (χ4v) is 9.78. The fourth-order valence-electron chi connectivity index (χ4n) is 9.78. The first kappa shape index (κ1) is 34.4. The van der Waals surface area contributed by atoms with E-state index >= 15 is 0 Å². The number of para-hydroxylation sites is 1. The highest BCUT2D eigenvalue weighted by Crippen LogP contribution is 2.59. The van der Waals surface area contributed by atoms with Gasteiger partial charge in [-0.3, -0.25) is 0 Å². The van der Waals surface area contributed by atoms with Crippen molar-refractivity contribution in [2.45, 2.75) is 19.3 Å². The molecule has 0 bridgehead atoms. The SMILES string of the molecule is CC1(C)c2ccccc2-c2c1ccc1c2Oc2c(cccc2-c2ccc(N(c3ccc(-c4ccccc4)cc3)c3ccc4c5ccccc5c5ccccc5c4c3)cc2)O1. The first-order chi connectivity index (χ1) is 29.5. The highest BCUT2D eigenvalue weighted by molar-refractivity contribution is 6.25. The number of anilines is 3. The topological polar surface area (TPSA) is 21.7 Å². The Labute approximate surface area is 349 Å². The number of fused-ring (bicyclic) bond motifs is 12. The molecule has 3 nitrogen and oxygen atoms in total. The fraction of sp³-hybridized carbons (Fsp3) is 0.0526. The Kier molecular flexibility index (Phi) is 7.58. The summed E-state index contributed by atoms with van der Waals surface area (Å²) in [6, 6.07) is 71.8. The predicted octanol–water partition coefficient (Wildman–Crippen LogP) is 16.2. The van der Waals surface area contributed by atoms with Gasteiger partial charge in [0.2, 0.25) is 0 Å². The van der Waals surface area contributed by atoms with Crippen molar-refractivity contribution in [2.75, 3.05) is 4.90 Å². The third-order valence-electron chi connectivity index (χ3n) is 12.7. The van der Waals surface area contributed by atoms with Crippen LogP contribution in [0, 0.1) is 0 Å². The molecular formula is C57H39NO2. The molecule has 0 fully saturated rings. The van der Waals surface area contributed by atoms with Crippen LogP contribution in [0.5, 0.6) is 23.0 Å². The monoisotopic (exact) mass is 769 g/mol. The van der Waals surface area contributed by atoms with E-state index < -0.39 is 0 Å². The van der Waals surface area contributed by atoms with Crippen LogP contribution in [0.4, 0.5) is 17.1 Å². The van der Waals surface area contributed by atoms with Gasteiger partial charge in [0.1, 0.15) is 0 Å². The third-order valence-corrected chi connectivity index (χ3v) is 12.7. The summed E-state index contributed by atoms with van der Waals surface area (Å²) in [5.74, 6) is 2.97. The highest BCUT2D eigenvalue weighted by Gasteiger charge is 2.39. The predicted molar refractivity (Wildman–Crippen MR) is 249 cm³/mol. The quantitative estimate of drug-likeness (QED) is 0.163. The molecule has 1 aliphatic heterocycles. The first-order valence-corrected chi connectivity index (χ1v) is 20.7. The van der Waals surface area contributed by atoms with Crippen molar-refractivity contribution in [1.29, 1.82) is 0 Å². The van der Waals surface area contributed by atoms with Crippen LogP contribution in [0.3, 0.4) is 0 Å². The van der Waals surface area contributed by atoms with Gasteiger partial charge in [-0.25, -0.2) is 0 Å². The smallest absolute Gasteiger partial charge is 0.178 e. The Hall–Kier alpha value is -7.62. The molecule has 1 aliphatic carbocycles. The maximum atomic E-state index is 6.99. The minimum absolute atomic E-state index is 0.139. The number of nitrogens with zero attached hydrogens (tertiary/aromatic N) is 1. The summed E-state index contributed by atoms with van der Waals surface area (Å²) in [6.07, 6.45) is 0. The van der Waals surface area contributed by atoms with E-state index in [-0.39, 0.29) is 5.41 Å². The summed E-state index contributed by atoms with van der Waals surface area (Å²) in [7, 11) is 0. The lowest BCUT2D eigenvalue weighted by Gasteiger charge is -2.27. The summed E-state index contributed by atoms with van der Waals surface area (Å²) >= 11 is 0. The van der Waals surface area contributed by atoms with Gasteiger partial charge in [0, 0.05) is 33.6 Å². The molecule has 284 valence electrons. The molecule has 0 unspecified atom stereocenters. The molecule has 0 saturated heterocycles. The van der Waals surface area contributed by atoms with Crippen LogP contribution < -0.4 is 14.4 Å². The van der Waals surface area contributed by atoms with Crippen molar-refractivity contribution in [3.05, 3.63) is 211 Å². The summed E-state index contributed by atoms with van der Waals surface area (Å²) in [6.45, 7) is 4.58. The van der Waals surface area contributed by atoms with Crippen LogP contribution in [-0.2, 0) is 5.41 Å². The van der Waals surface area contributed by atoms with Gasteiger partial charge in [-0.1, -0.05) is 166 Å². The van der Waals surface area contributed by atoms with Crippen molar-refractivity contribution in [3.63, 3.8) is 0 Å². The summed E-state index contributed by atoms with van der Waals surface area (Å²) in [5, 5.41) is 7.53. The van der Waals surface area contributed by atoms with Crippen molar-refractivity contribution in [3.8, 4) is 56.4 Å². The van der Waals surface area contributed by atoms with E-state index in [2.05, 4.69) is 207 Å².